The lowest BCUT2D eigenvalue weighted by Crippen LogP contribution is -2.68. The molecule has 23 heteroatoms. The topological polar surface area (TPSA) is 308 Å². The first-order valence-corrected chi connectivity index (χ1v) is 16.4. The second-order valence-corrected chi connectivity index (χ2v) is 13.7. The molecule has 2 fully saturated rings. The Morgan fingerprint density at radius 1 is 1.14 bits per heavy atom. The number of rotatable bonds is 12. The Bertz CT molecular complexity index is 1860. The number of imide groups is 1. The van der Waals surface area contributed by atoms with Crippen LogP contribution in [0.4, 0.5) is 14.7 Å². The smallest absolute Gasteiger partial charge is 0.353 e. The number of amides is 7. The minimum absolute atomic E-state index is 0.0548. The van der Waals surface area contributed by atoms with Gasteiger partial charge in [-0.2, -0.15) is 8.42 Å². The number of nitrogen functional groups attached to an aromatic ring is 1. The van der Waals surface area contributed by atoms with E-state index in [-0.39, 0.29) is 52.3 Å². The summed E-state index contributed by atoms with van der Waals surface area (Å²) in [6, 6.07) is -3.99. The first-order valence-electron chi connectivity index (χ1n) is 14.1. The molecular formula is C26H29N9O12S2. The lowest BCUT2D eigenvalue weighted by Gasteiger charge is -2.36. The Balaban J connectivity index is 1.32. The fraction of sp³-hybridized carbons (Fsp3) is 0.385. The van der Waals surface area contributed by atoms with Crippen LogP contribution >= 0.6 is 11.3 Å². The van der Waals surface area contributed by atoms with Gasteiger partial charge in [-0.1, -0.05) is 6.08 Å². The monoisotopic (exact) mass is 723 g/mol. The molecule has 262 valence electrons. The van der Waals surface area contributed by atoms with Crippen molar-refractivity contribution in [2.45, 2.75) is 32.7 Å². The Kier molecular flexibility index (Phi) is 10.2. The van der Waals surface area contributed by atoms with Crippen LogP contribution in [0.5, 0.6) is 0 Å². The number of anilines is 1. The van der Waals surface area contributed by atoms with Crippen LogP contribution in [0.25, 0.3) is 0 Å². The number of nitrogens with one attached hydrogen (secondary N) is 3. The highest BCUT2D eigenvalue weighted by atomic mass is 32.2. The van der Waals surface area contributed by atoms with Gasteiger partial charge < -0.3 is 21.3 Å². The van der Waals surface area contributed by atoms with Gasteiger partial charge >= 0.3 is 34.2 Å². The highest BCUT2D eigenvalue weighted by Gasteiger charge is 2.46. The number of allylic oxidation sites excluding steroid dienone is 2. The summed E-state index contributed by atoms with van der Waals surface area (Å²) in [6.45, 7) is 1.50. The standard InChI is InChI=1S/C26H29N9O12S2/c1-26(2,22(42)43)5-6-28-17(15-11-48-23(27)30-15)19(38)29-14-10-33(20(14)39)24(44)32-49(46,47)35-8-7-34(25(35)45)31-18(37)12-3-4-13(21(40)41)16(36)9-12/h4,9,11,14H,3,5-8,10H2,1-2H3,(H2,27,30)(H,29,38)(H,31,37)(H,32,44)(H,40,41)(H,42,43). The van der Waals surface area contributed by atoms with Crippen LogP contribution in [0.15, 0.2) is 33.7 Å². The molecule has 0 aromatic carbocycles. The highest BCUT2D eigenvalue weighted by Crippen LogP contribution is 2.22. The third-order valence-corrected chi connectivity index (χ3v) is 9.40. The number of nitrogens with zero attached hydrogens (tertiary/aromatic N) is 5. The first-order chi connectivity index (χ1) is 22.8. The number of carbonyl (C=O) groups is 8. The van der Waals surface area contributed by atoms with Gasteiger partial charge in [0.15, 0.2) is 10.9 Å². The van der Waals surface area contributed by atoms with Crippen LogP contribution in [0.3, 0.4) is 0 Å². The molecule has 0 bridgehead atoms. The fourth-order valence-corrected chi connectivity index (χ4v) is 5.99. The number of ketones is 1. The van der Waals surface area contributed by atoms with E-state index in [2.05, 4.69) is 20.7 Å². The maximum Gasteiger partial charge on any atom is 0.353 e. The van der Waals surface area contributed by atoms with E-state index in [9.17, 15) is 51.9 Å². The summed E-state index contributed by atoms with van der Waals surface area (Å²) < 4.78 is 27.5. The van der Waals surface area contributed by atoms with Crippen molar-refractivity contribution in [2.75, 3.05) is 31.9 Å². The molecule has 0 saturated carbocycles. The predicted molar refractivity (Wildman–Crippen MR) is 165 cm³/mol. The largest absolute Gasteiger partial charge is 0.481 e. The molecule has 21 nitrogen and oxygen atoms in total. The summed E-state index contributed by atoms with van der Waals surface area (Å²) in [5.74, 6) is -6.36. The summed E-state index contributed by atoms with van der Waals surface area (Å²) in [6.07, 6.45) is 1.60. The number of aliphatic carboxylic acids is 2. The van der Waals surface area contributed by atoms with Gasteiger partial charge in [-0.25, -0.2) is 33.4 Å². The van der Waals surface area contributed by atoms with Crippen molar-refractivity contribution in [3.8, 4) is 0 Å². The quantitative estimate of drug-likeness (QED) is 0.0771. The summed E-state index contributed by atoms with van der Waals surface area (Å²) in [5.41, 5.74) is 5.72. The number of aromatic nitrogens is 1. The molecule has 7 amide bonds. The summed E-state index contributed by atoms with van der Waals surface area (Å²) in [7, 11) is -4.90. The minimum atomic E-state index is -4.90. The van der Waals surface area contributed by atoms with Gasteiger partial charge in [0.2, 0.25) is 0 Å². The summed E-state index contributed by atoms with van der Waals surface area (Å²) >= 11 is 1.00. The van der Waals surface area contributed by atoms with Gasteiger partial charge in [0.05, 0.1) is 25.0 Å². The third kappa shape index (κ3) is 7.89. The van der Waals surface area contributed by atoms with Gasteiger partial charge in [-0.15, -0.1) is 11.3 Å². The van der Waals surface area contributed by atoms with Crippen LogP contribution in [0.1, 0.15) is 32.4 Å². The number of carboxylic acid groups (broad SMARTS) is 2. The summed E-state index contributed by atoms with van der Waals surface area (Å²) in [5, 5.41) is 22.8. The second-order valence-electron chi connectivity index (χ2n) is 11.2. The lowest BCUT2D eigenvalue weighted by molar-refractivity contribution is -0.147. The van der Waals surface area contributed by atoms with E-state index in [1.54, 1.807) is 4.72 Å². The molecule has 2 saturated heterocycles. The first kappa shape index (κ1) is 36.1. The van der Waals surface area contributed by atoms with E-state index in [0.29, 0.717) is 9.91 Å². The molecule has 3 aliphatic rings. The Morgan fingerprint density at radius 2 is 1.84 bits per heavy atom. The second kappa shape index (κ2) is 13.8. The number of carboxylic acids is 2. The van der Waals surface area contributed by atoms with Crippen LogP contribution < -0.4 is 21.2 Å². The van der Waals surface area contributed by atoms with E-state index < -0.39 is 87.8 Å². The molecule has 49 heavy (non-hydrogen) atoms. The number of likely N-dealkylation sites (tertiary alicyclic amines) is 1. The molecule has 7 N–H and O–H groups in total. The SMILES string of the molecule is CC(C)(CCN=C(C(=O)NC1CN(C(=O)NS(=O)(=O)N2CCN(NC(=O)C3=CC(=O)C(C(=O)O)=CC3)C2=O)C1=O)c1csc(N)n1)C(=O)O. The number of nitrogens with two attached hydrogens (primary N) is 1. The summed E-state index contributed by atoms with van der Waals surface area (Å²) in [4.78, 5) is 107. The number of aliphatic imine (C=N–C) groups is 1. The fourth-order valence-electron chi connectivity index (χ4n) is 4.38. The molecule has 1 aliphatic carbocycles. The van der Waals surface area contributed by atoms with Crippen molar-refractivity contribution in [3.05, 3.63) is 34.4 Å². The average Bonchev–Trinajstić information content (AvgIpc) is 3.61. The Morgan fingerprint density at radius 3 is 2.41 bits per heavy atom. The van der Waals surface area contributed by atoms with Crippen LogP contribution in [0, 0.1) is 5.41 Å². The van der Waals surface area contributed by atoms with Gasteiger partial charge in [-0.3, -0.25) is 39.3 Å². The van der Waals surface area contributed by atoms with Crippen molar-refractivity contribution in [2.24, 2.45) is 10.4 Å². The zero-order chi connectivity index (χ0) is 36.4. The predicted octanol–water partition coefficient (Wildman–Crippen LogP) is -2.02. The minimum Gasteiger partial charge on any atom is -0.481 e. The number of hydrogen-bond acceptors (Lipinski definition) is 14. The van der Waals surface area contributed by atoms with Gasteiger partial charge in [0.25, 0.3) is 17.7 Å². The zero-order valence-corrected chi connectivity index (χ0v) is 27.3. The lowest BCUT2D eigenvalue weighted by atomic mass is 9.90. The van der Waals surface area contributed by atoms with Crippen molar-refractivity contribution in [3.63, 3.8) is 0 Å². The molecule has 1 unspecified atom stereocenters. The van der Waals surface area contributed by atoms with Crippen LogP contribution in [0.2, 0.25) is 0 Å². The van der Waals surface area contributed by atoms with E-state index >= 15 is 0 Å². The average molecular weight is 724 g/mol. The van der Waals surface area contributed by atoms with Gasteiger partial charge in [0.1, 0.15) is 23.0 Å². The maximum absolute atomic E-state index is 13.0. The van der Waals surface area contributed by atoms with Crippen LogP contribution in [-0.2, 0) is 39.0 Å². The molecule has 1 aromatic heterocycles. The number of hydrazine groups is 1. The molecule has 2 aliphatic heterocycles. The molecule has 0 radical (unpaired) electrons. The Labute approximate surface area is 280 Å². The highest BCUT2D eigenvalue weighted by molar-refractivity contribution is 7.88. The van der Waals surface area contributed by atoms with E-state index in [0.717, 1.165) is 23.5 Å². The van der Waals surface area contributed by atoms with Crippen molar-refractivity contribution < 1.29 is 57.0 Å². The number of carbonyl (C=O) groups excluding carboxylic acids is 6. The molecule has 1 atom stereocenters. The molecule has 0 spiro atoms. The van der Waals surface area contributed by atoms with Crippen molar-refractivity contribution in [1.29, 1.82) is 0 Å². The molecule has 1 aromatic rings. The number of hydrogen-bond donors (Lipinski definition) is 6. The van der Waals surface area contributed by atoms with E-state index in [1.807, 2.05) is 0 Å². The van der Waals surface area contributed by atoms with Crippen molar-refractivity contribution in [1.82, 2.24) is 34.7 Å². The number of thiazole rings is 1. The maximum atomic E-state index is 13.0. The third-order valence-electron chi connectivity index (χ3n) is 7.38. The van der Waals surface area contributed by atoms with Gasteiger partial charge in [0, 0.05) is 17.5 Å². The number of β-lactam (4-membered cyclic amide) rings is 1. The van der Waals surface area contributed by atoms with E-state index in [4.69, 9.17) is 10.8 Å². The van der Waals surface area contributed by atoms with Crippen molar-refractivity contribution >= 4 is 79.9 Å². The Hall–Kier alpha value is -5.71. The van der Waals surface area contributed by atoms with Gasteiger partial charge in [-0.05, 0) is 32.8 Å². The van der Waals surface area contributed by atoms with E-state index in [1.165, 1.54) is 19.2 Å². The van der Waals surface area contributed by atoms with Crippen LogP contribution in [-0.4, -0.2) is 123 Å². The molecule has 3 heterocycles. The number of urea groups is 2. The molecular weight excluding hydrogens is 694 g/mol. The zero-order valence-electron chi connectivity index (χ0n) is 25.7. The normalized spacial score (nSPS) is 18.4. The molecule has 4 rings (SSSR count).